The van der Waals surface area contributed by atoms with E-state index in [0.29, 0.717) is 18.6 Å². The third-order valence-corrected chi connectivity index (χ3v) is 3.62. The van der Waals surface area contributed by atoms with Gasteiger partial charge in [-0.1, -0.05) is 42.5 Å². The lowest BCUT2D eigenvalue weighted by atomic mass is 9.93. The van der Waals surface area contributed by atoms with Gasteiger partial charge in [0.15, 0.2) is 0 Å². The lowest BCUT2D eigenvalue weighted by Crippen LogP contribution is -2.17. The molecule has 0 aliphatic heterocycles. The van der Waals surface area contributed by atoms with E-state index in [1.165, 1.54) is 7.11 Å². The molecule has 2 atom stereocenters. The Bertz CT molecular complexity index is 586. The third kappa shape index (κ3) is 3.85. The Labute approximate surface area is 130 Å². The molecule has 0 N–H and O–H groups in total. The highest BCUT2D eigenvalue weighted by atomic mass is 16.5. The Kier molecular flexibility index (Phi) is 5.53. The second-order valence-electron chi connectivity index (χ2n) is 5.09. The highest BCUT2D eigenvalue weighted by molar-refractivity contribution is 5.95. The monoisotopic (exact) mass is 300 g/mol. The number of methoxy groups -OCH3 is 1. The molecule has 0 radical (unpaired) electrons. The quantitative estimate of drug-likeness (QED) is 0.476. The smallest absolute Gasteiger partial charge is 0.334 e. The van der Waals surface area contributed by atoms with E-state index < -0.39 is 0 Å². The van der Waals surface area contributed by atoms with E-state index in [4.69, 9.17) is 9.47 Å². The molecule has 0 saturated carbocycles. The number of rotatable bonds is 5. The zero-order valence-corrected chi connectivity index (χ0v) is 12.8. The van der Waals surface area contributed by atoms with Crippen molar-refractivity contribution in [1.29, 1.82) is 0 Å². The summed E-state index contributed by atoms with van der Waals surface area (Å²) < 4.78 is 9.92. The van der Waals surface area contributed by atoms with Crippen molar-refractivity contribution in [2.75, 3.05) is 13.7 Å². The molecule has 0 bridgehead atoms. The van der Waals surface area contributed by atoms with E-state index in [2.05, 4.69) is 0 Å². The van der Waals surface area contributed by atoms with Gasteiger partial charge in [-0.05, 0) is 25.0 Å². The van der Waals surface area contributed by atoms with Crippen molar-refractivity contribution in [2.24, 2.45) is 11.8 Å². The maximum Gasteiger partial charge on any atom is 0.334 e. The molecule has 1 aromatic carbocycles. The molecule has 0 spiro atoms. The molecule has 0 aromatic heterocycles. The van der Waals surface area contributed by atoms with Crippen molar-refractivity contribution >= 4 is 18.0 Å². The molecular weight excluding hydrogens is 280 g/mol. The number of hydrogen-bond donors (Lipinski definition) is 0. The van der Waals surface area contributed by atoms with Crippen LogP contribution < -0.4 is 0 Å². The van der Waals surface area contributed by atoms with Gasteiger partial charge in [-0.2, -0.15) is 0 Å². The van der Waals surface area contributed by atoms with Crippen LogP contribution in [0.5, 0.6) is 0 Å². The summed E-state index contributed by atoms with van der Waals surface area (Å²) in [6.07, 6.45) is 6.04. The van der Waals surface area contributed by atoms with Crippen LogP contribution in [0.2, 0.25) is 0 Å². The fraction of sp³-hybridized carbons (Fsp3) is 0.333. The van der Waals surface area contributed by atoms with E-state index >= 15 is 0 Å². The van der Waals surface area contributed by atoms with Gasteiger partial charge in [0, 0.05) is 11.5 Å². The minimum atomic E-state index is -0.341. The van der Waals surface area contributed by atoms with Crippen LogP contribution in [0.4, 0.5) is 0 Å². The Morgan fingerprint density at radius 3 is 2.50 bits per heavy atom. The second-order valence-corrected chi connectivity index (χ2v) is 5.09. The Hall–Kier alpha value is -2.36. The molecule has 0 heterocycles. The number of hydrogen-bond acceptors (Lipinski definition) is 4. The van der Waals surface area contributed by atoms with Gasteiger partial charge in [-0.15, -0.1) is 0 Å². The molecular formula is C18H20O4. The van der Waals surface area contributed by atoms with Crippen molar-refractivity contribution in [3.63, 3.8) is 0 Å². The van der Waals surface area contributed by atoms with Crippen LogP contribution in [0.25, 0.3) is 6.08 Å². The molecule has 2 rings (SSSR count). The van der Waals surface area contributed by atoms with Crippen LogP contribution in [0.1, 0.15) is 18.9 Å². The van der Waals surface area contributed by atoms with Crippen LogP contribution in [0, 0.1) is 11.8 Å². The summed E-state index contributed by atoms with van der Waals surface area (Å²) in [5.41, 5.74) is 1.50. The first-order valence-electron chi connectivity index (χ1n) is 7.35. The molecule has 0 fully saturated rings. The Morgan fingerprint density at radius 1 is 1.18 bits per heavy atom. The molecule has 1 aliphatic rings. The first-order chi connectivity index (χ1) is 10.7. The number of benzene rings is 1. The molecule has 0 unspecified atom stereocenters. The van der Waals surface area contributed by atoms with E-state index in [-0.39, 0.29) is 23.8 Å². The standard InChI is InChI=1S/C18H20O4/c1-3-22-18(20)16(11-13-7-5-4-6-8-13)14-9-10-15(12-14)17(19)21-2/h4-11,14-15H,3,12H2,1-2H3/b16-11+/t14-,15+/m0/s1. The van der Waals surface area contributed by atoms with Crippen molar-refractivity contribution in [3.05, 3.63) is 53.6 Å². The van der Waals surface area contributed by atoms with Crippen molar-refractivity contribution < 1.29 is 19.1 Å². The number of ether oxygens (including phenoxy) is 2. The molecule has 4 heteroatoms. The summed E-state index contributed by atoms with van der Waals surface area (Å²) in [6, 6.07) is 9.60. The average molecular weight is 300 g/mol. The van der Waals surface area contributed by atoms with E-state index in [0.717, 1.165) is 5.56 Å². The molecule has 1 aromatic rings. The summed E-state index contributed by atoms with van der Waals surface area (Å²) in [7, 11) is 1.37. The van der Waals surface area contributed by atoms with Crippen molar-refractivity contribution in [2.45, 2.75) is 13.3 Å². The van der Waals surface area contributed by atoms with Gasteiger partial charge in [-0.3, -0.25) is 4.79 Å². The maximum atomic E-state index is 12.2. The lowest BCUT2D eigenvalue weighted by molar-refractivity contribution is -0.144. The predicted molar refractivity (Wildman–Crippen MR) is 83.8 cm³/mol. The first-order valence-corrected chi connectivity index (χ1v) is 7.35. The summed E-state index contributed by atoms with van der Waals surface area (Å²) >= 11 is 0. The third-order valence-electron chi connectivity index (χ3n) is 3.62. The molecule has 0 amide bonds. The lowest BCUT2D eigenvalue weighted by Gasteiger charge is -2.14. The van der Waals surface area contributed by atoms with Gasteiger partial charge in [0.1, 0.15) is 0 Å². The summed E-state index contributed by atoms with van der Waals surface area (Å²) in [4.78, 5) is 23.9. The van der Waals surface area contributed by atoms with Gasteiger partial charge in [0.05, 0.1) is 19.6 Å². The van der Waals surface area contributed by atoms with Gasteiger partial charge >= 0.3 is 11.9 Å². The van der Waals surface area contributed by atoms with Crippen LogP contribution in [0.3, 0.4) is 0 Å². The topological polar surface area (TPSA) is 52.6 Å². The number of allylic oxidation sites excluding steroid dienone is 1. The number of carbonyl (C=O) groups is 2. The molecule has 0 saturated heterocycles. The maximum absolute atomic E-state index is 12.2. The summed E-state index contributed by atoms with van der Waals surface area (Å²) in [6.45, 7) is 2.10. The molecule has 1 aliphatic carbocycles. The average Bonchev–Trinajstić information content (AvgIpc) is 3.02. The Balaban J connectivity index is 2.23. The van der Waals surface area contributed by atoms with Gasteiger partial charge in [-0.25, -0.2) is 4.79 Å². The van der Waals surface area contributed by atoms with E-state index in [1.807, 2.05) is 42.5 Å². The first kappa shape index (κ1) is 16.0. The minimum absolute atomic E-state index is 0.136. The van der Waals surface area contributed by atoms with E-state index in [1.54, 1.807) is 13.0 Å². The molecule has 4 nitrogen and oxygen atoms in total. The van der Waals surface area contributed by atoms with Crippen LogP contribution in [-0.4, -0.2) is 25.7 Å². The Morgan fingerprint density at radius 2 is 1.86 bits per heavy atom. The largest absolute Gasteiger partial charge is 0.469 e. The molecule has 22 heavy (non-hydrogen) atoms. The zero-order chi connectivity index (χ0) is 15.9. The van der Waals surface area contributed by atoms with Crippen molar-refractivity contribution in [1.82, 2.24) is 0 Å². The predicted octanol–water partition coefficient (Wildman–Crippen LogP) is 3.00. The van der Waals surface area contributed by atoms with Gasteiger partial charge in [0.25, 0.3) is 0 Å². The zero-order valence-electron chi connectivity index (χ0n) is 12.8. The highest BCUT2D eigenvalue weighted by Gasteiger charge is 2.30. The van der Waals surface area contributed by atoms with Crippen molar-refractivity contribution in [3.8, 4) is 0 Å². The van der Waals surface area contributed by atoms with E-state index in [9.17, 15) is 9.59 Å². The summed E-state index contributed by atoms with van der Waals surface area (Å²) in [5, 5.41) is 0. The SMILES string of the molecule is CCOC(=O)/C(=C/c1ccccc1)[C@H]1C=C[C@@H](C(=O)OC)C1. The van der Waals surface area contributed by atoms with Crippen LogP contribution in [0.15, 0.2) is 48.1 Å². The summed E-state index contributed by atoms with van der Waals surface area (Å²) in [5.74, 6) is -1.06. The number of esters is 2. The van der Waals surface area contributed by atoms with Crippen LogP contribution >= 0.6 is 0 Å². The number of carbonyl (C=O) groups excluding carboxylic acids is 2. The second kappa shape index (κ2) is 7.59. The normalized spacial score (nSPS) is 20.7. The fourth-order valence-corrected chi connectivity index (χ4v) is 2.52. The minimum Gasteiger partial charge on any atom is -0.469 e. The highest BCUT2D eigenvalue weighted by Crippen LogP contribution is 2.32. The molecule has 116 valence electrons. The fourth-order valence-electron chi connectivity index (χ4n) is 2.52. The van der Waals surface area contributed by atoms with Gasteiger partial charge in [0.2, 0.25) is 0 Å². The van der Waals surface area contributed by atoms with Crippen LogP contribution in [-0.2, 0) is 19.1 Å². The van der Waals surface area contributed by atoms with Gasteiger partial charge < -0.3 is 9.47 Å².